The Hall–Kier alpha value is -1.08. The van der Waals surface area contributed by atoms with Gasteiger partial charge in [-0.2, -0.15) is 0 Å². The summed E-state index contributed by atoms with van der Waals surface area (Å²) in [6, 6.07) is 7.04. The van der Waals surface area contributed by atoms with Crippen LogP contribution >= 0.6 is 0 Å². The van der Waals surface area contributed by atoms with Crippen molar-refractivity contribution in [1.82, 2.24) is 10.2 Å². The Labute approximate surface area is 223 Å². The molecule has 3 amide bonds. The van der Waals surface area contributed by atoms with Crippen LogP contribution in [0.2, 0.25) is 13.3 Å². The second-order valence-electron chi connectivity index (χ2n) is 11.9. The van der Waals surface area contributed by atoms with Crippen molar-refractivity contribution in [2.45, 2.75) is 116 Å². The van der Waals surface area contributed by atoms with Gasteiger partial charge in [-0.15, -0.1) is 0 Å². The number of hydrogen-bond acceptors (Lipinski definition) is 3. The Bertz CT molecular complexity index is 934. The predicted molar refractivity (Wildman–Crippen MR) is 149 cm³/mol. The monoisotopic (exact) mass is 604 g/mol. The number of benzene rings is 1. The number of carbonyl (C=O) groups is 2. The van der Waals surface area contributed by atoms with Crippen molar-refractivity contribution in [3.8, 4) is 0 Å². The number of nitrogens with one attached hydrogen (secondary N) is 1. The summed E-state index contributed by atoms with van der Waals surface area (Å²) in [5.41, 5.74) is 1.24. The maximum absolute atomic E-state index is 14.0. The Morgan fingerprint density at radius 3 is 2.06 bits per heavy atom. The third-order valence-corrected chi connectivity index (χ3v) is 25.5. The molecular formula is C30H48N2O3Sn. The second kappa shape index (κ2) is 11.3. The fraction of sp³-hybridized carbons (Fsp3) is 0.733. The zero-order chi connectivity index (χ0) is 26.0. The van der Waals surface area contributed by atoms with Gasteiger partial charge >= 0.3 is 224 Å². The Balaban J connectivity index is 1.84. The number of urea groups is 1. The molecule has 200 valence electrons. The third kappa shape index (κ3) is 4.54. The molecule has 1 heterocycles. The van der Waals surface area contributed by atoms with Crippen molar-refractivity contribution < 1.29 is 14.3 Å². The molecule has 2 aliphatic carbocycles. The van der Waals surface area contributed by atoms with Crippen LogP contribution in [-0.4, -0.2) is 55.5 Å². The number of imide groups is 1. The van der Waals surface area contributed by atoms with E-state index in [0.717, 1.165) is 37.7 Å². The molecule has 5 nitrogen and oxygen atoms in total. The number of unbranched alkanes of at least 4 members (excludes halogenated alkanes) is 3. The summed E-state index contributed by atoms with van der Waals surface area (Å²) in [4.78, 5) is 28.4. The van der Waals surface area contributed by atoms with Crippen molar-refractivity contribution in [3.05, 3.63) is 29.3 Å². The van der Waals surface area contributed by atoms with Gasteiger partial charge in [0.05, 0.1) is 0 Å². The minimum absolute atomic E-state index is 0.0456. The van der Waals surface area contributed by atoms with Crippen LogP contribution in [0.3, 0.4) is 0 Å². The average molecular weight is 603 g/mol. The van der Waals surface area contributed by atoms with Gasteiger partial charge < -0.3 is 0 Å². The van der Waals surface area contributed by atoms with Crippen LogP contribution in [0.5, 0.6) is 0 Å². The fourth-order valence-electron chi connectivity index (χ4n) is 7.66. The summed E-state index contributed by atoms with van der Waals surface area (Å²) in [6.07, 6.45) is 12.5. The first-order valence-corrected chi connectivity index (χ1v) is 22.1. The zero-order valence-corrected chi connectivity index (χ0v) is 26.2. The molecule has 0 bridgehead atoms. The molecule has 36 heavy (non-hydrogen) atoms. The van der Waals surface area contributed by atoms with Gasteiger partial charge in [-0.25, -0.2) is 0 Å². The molecule has 3 aliphatic rings. The van der Waals surface area contributed by atoms with E-state index < -0.39 is 23.9 Å². The molecule has 1 N–H and O–H groups in total. The van der Waals surface area contributed by atoms with E-state index in [-0.39, 0.29) is 23.5 Å². The summed E-state index contributed by atoms with van der Waals surface area (Å²) in [5, 5.41) is 3.31. The summed E-state index contributed by atoms with van der Waals surface area (Å²) in [6.45, 7) is 6.95. The zero-order valence-electron chi connectivity index (χ0n) is 23.4. The van der Waals surface area contributed by atoms with E-state index >= 15 is 0 Å². The number of fused-ring (bicyclic) bond motifs is 3. The number of hydrogen-bond donors (Lipinski definition) is 1. The van der Waals surface area contributed by atoms with Crippen LogP contribution in [0.25, 0.3) is 0 Å². The maximum atomic E-state index is 14.0. The normalized spacial score (nSPS) is 27.8. The van der Waals surface area contributed by atoms with Gasteiger partial charge in [0.15, 0.2) is 0 Å². The quantitative estimate of drug-likeness (QED) is 0.240. The van der Waals surface area contributed by atoms with E-state index in [0.29, 0.717) is 0 Å². The van der Waals surface area contributed by atoms with Crippen LogP contribution in [0.15, 0.2) is 18.2 Å². The first kappa shape index (κ1) is 27.9. The molecule has 0 aromatic heterocycles. The summed E-state index contributed by atoms with van der Waals surface area (Å²) >= 11 is -2.70. The Kier molecular flexibility index (Phi) is 8.81. The number of carbonyl (C=O) groups excluding carboxylic acids is 2. The molecule has 0 radical (unpaired) electrons. The van der Waals surface area contributed by atoms with Gasteiger partial charge in [-0.05, 0) is 0 Å². The van der Waals surface area contributed by atoms with E-state index in [1.807, 2.05) is 0 Å². The number of methoxy groups -OCH3 is 1. The molecule has 1 saturated heterocycles. The summed E-state index contributed by atoms with van der Waals surface area (Å²) in [7, 11) is 3.44. The standard InChI is InChI=1S/C18H21N2O3.3C4H9.Sn/c1-20-15(21)18(19-16(20)22)14-6-4-3-5-12(14)11-17(18)9-7-13(23-2)8-10-17;3*1-3-4-2;/h3,5-6,13H,7-11H2,1-2H3,(H,19,22);3*1,3-4H2,2H3;. The third-order valence-electron chi connectivity index (χ3n) is 9.92. The van der Waals surface area contributed by atoms with Gasteiger partial charge in [0.1, 0.15) is 0 Å². The summed E-state index contributed by atoms with van der Waals surface area (Å²) < 4.78 is 11.5. The van der Waals surface area contributed by atoms with Crippen molar-refractivity contribution in [3.63, 3.8) is 0 Å². The minimum atomic E-state index is -2.70. The molecule has 1 aliphatic heterocycles. The molecule has 4 rings (SSSR count). The number of rotatable bonds is 11. The number of ether oxygens (including phenoxy) is 1. The van der Waals surface area contributed by atoms with E-state index in [4.69, 9.17) is 4.74 Å². The molecule has 1 saturated carbocycles. The second-order valence-corrected chi connectivity index (χ2v) is 25.1. The molecule has 2 spiro atoms. The van der Waals surface area contributed by atoms with Gasteiger partial charge in [0.2, 0.25) is 0 Å². The van der Waals surface area contributed by atoms with Gasteiger partial charge in [-0.3, -0.25) is 0 Å². The molecule has 2 fully saturated rings. The van der Waals surface area contributed by atoms with Gasteiger partial charge in [0.25, 0.3) is 0 Å². The van der Waals surface area contributed by atoms with Crippen LogP contribution in [-0.2, 0) is 21.5 Å². The van der Waals surface area contributed by atoms with Crippen molar-refractivity contribution >= 4 is 33.9 Å². The predicted octanol–water partition coefficient (Wildman–Crippen LogP) is 6.25. The molecule has 1 aromatic rings. The number of amides is 3. The van der Waals surface area contributed by atoms with Crippen LogP contribution < -0.4 is 8.90 Å². The van der Waals surface area contributed by atoms with Crippen LogP contribution in [0.1, 0.15) is 96.1 Å². The fourth-order valence-corrected chi connectivity index (χ4v) is 23.6. The molecular weight excluding hydrogens is 555 g/mol. The Morgan fingerprint density at radius 1 is 1.00 bits per heavy atom. The van der Waals surface area contributed by atoms with Crippen LogP contribution in [0.4, 0.5) is 4.79 Å². The molecule has 6 heteroatoms. The van der Waals surface area contributed by atoms with E-state index in [9.17, 15) is 9.59 Å². The molecule has 1 aromatic carbocycles. The average Bonchev–Trinajstić information content (AvgIpc) is 3.29. The van der Waals surface area contributed by atoms with E-state index in [2.05, 4.69) is 44.3 Å². The SMILES string of the molecule is CCC[CH2][Sn]([CH2]CCC)([CH2]CCC)[c]1ccc2c(c1)C1(NC(=O)N(C)C1=O)C1(CCC(OC)CC1)C2. The molecule has 1 atom stereocenters. The van der Waals surface area contributed by atoms with E-state index in [1.165, 1.54) is 62.3 Å². The van der Waals surface area contributed by atoms with Crippen molar-refractivity contribution in [2.75, 3.05) is 14.2 Å². The summed E-state index contributed by atoms with van der Waals surface area (Å²) in [5.74, 6) is -0.0456. The van der Waals surface area contributed by atoms with E-state index in [1.54, 1.807) is 17.7 Å². The number of likely N-dealkylation sites (N-methyl/N-ethyl adjacent to an activating group) is 1. The van der Waals surface area contributed by atoms with Gasteiger partial charge in [-0.1, -0.05) is 0 Å². The Morgan fingerprint density at radius 2 is 1.58 bits per heavy atom. The first-order chi connectivity index (χ1) is 17.3. The number of nitrogens with zero attached hydrogens (tertiary/aromatic N) is 1. The topological polar surface area (TPSA) is 58.6 Å². The molecule has 1 unspecified atom stereocenters. The van der Waals surface area contributed by atoms with Crippen molar-refractivity contribution in [1.29, 1.82) is 0 Å². The van der Waals surface area contributed by atoms with Gasteiger partial charge in [0, 0.05) is 0 Å². The first-order valence-electron chi connectivity index (χ1n) is 14.6. The van der Waals surface area contributed by atoms with Crippen molar-refractivity contribution in [2.24, 2.45) is 5.41 Å². The van der Waals surface area contributed by atoms with Crippen LogP contribution in [0, 0.1) is 5.41 Å².